The Balaban J connectivity index is 1.28. The molecule has 0 aliphatic carbocycles. The lowest BCUT2D eigenvalue weighted by Crippen LogP contribution is -2.38. The Kier molecular flexibility index (Phi) is 6.39. The van der Waals surface area contributed by atoms with Crippen molar-refractivity contribution in [1.29, 1.82) is 0 Å². The smallest absolute Gasteiger partial charge is 0.290 e. The van der Waals surface area contributed by atoms with Crippen LogP contribution in [-0.2, 0) is 11.3 Å². The summed E-state index contributed by atoms with van der Waals surface area (Å²) in [6.45, 7) is 5.55. The van der Waals surface area contributed by atoms with E-state index in [-0.39, 0.29) is 11.1 Å². The zero-order valence-electron chi connectivity index (χ0n) is 16.8. The molecule has 0 radical (unpaired) electrons. The second-order valence-corrected chi connectivity index (χ2v) is 8.48. The third kappa shape index (κ3) is 5.22. The van der Waals surface area contributed by atoms with Crippen molar-refractivity contribution in [1.82, 2.24) is 25.6 Å². The van der Waals surface area contributed by atoms with E-state index in [1.807, 2.05) is 25.1 Å². The van der Waals surface area contributed by atoms with Crippen molar-refractivity contribution in [2.45, 2.75) is 26.3 Å². The predicted molar refractivity (Wildman–Crippen MR) is 117 cm³/mol. The van der Waals surface area contributed by atoms with Gasteiger partial charge < -0.3 is 10.2 Å². The van der Waals surface area contributed by atoms with Crippen molar-refractivity contribution in [3.8, 4) is 0 Å². The number of amides is 2. The number of nitrogens with one attached hydrogen (secondary N) is 2. The molecule has 2 aromatic rings. The molecule has 4 heterocycles. The number of rotatable bonds is 6. The molecule has 4 rings (SSSR count). The van der Waals surface area contributed by atoms with Crippen molar-refractivity contribution in [2.75, 3.05) is 24.5 Å². The van der Waals surface area contributed by atoms with Gasteiger partial charge in [-0.15, -0.1) is 0 Å². The molecule has 2 aromatic heterocycles. The summed E-state index contributed by atoms with van der Waals surface area (Å²) >= 11 is 0.893. The first-order valence-corrected chi connectivity index (χ1v) is 10.8. The van der Waals surface area contributed by atoms with E-state index in [0.717, 1.165) is 62.2 Å². The summed E-state index contributed by atoms with van der Waals surface area (Å²) in [5.74, 6) is 0.898. The van der Waals surface area contributed by atoms with E-state index in [1.165, 1.54) is 0 Å². The number of piperidine rings is 1. The summed E-state index contributed by atoms with van der Waals surface area (Å²) in [5.41, 5.74) is 2.74. The maximum atomic E-state index is 11.7. The van der Waals surface area contributed by atoms with Crippen LogP contribution in [-0.4, -0.2) is 45.7 Å². The molecule has 0 spiro atoms. The van der Waals surface area contributed by atoms with Crippen LogP contribution in [0.15, 0.2) is 35.4 Å². The summed E-state index contributed by atoms with van der Waals surface area (Å²) in [6.07, 6.45) is 5.45. The van der Waals surface area contributed by atoms with Gasteiger partial charge in [0.2, 0.25) is 5.95 Å². The van der Waals surface area contributed by atoms with Crippen LogP contribution in [0.5, 0.6) is 0 Å². The molecule has 2 fully saturated rings. The molecule has 2 aliphatic heterocycles. The van der Waals surface area contributed by atoms with Gasteiger partial charge in [-0.1, -0.05) is 6.07 Å². The molecule has 0 saturated carbocycles. The quantitative estimate of drug-likeness (QED) is 0.683. The summed E-state index contributed by atoms with van der Waals surface area (Å²) < 4.78 is 0. The third-order valence-corrected chi connectivity index (χ3v) is 5.98. The van der Waals surface area contributed by atoms with Gasteiger partial charge in [-0.3, -0.25) is 19.9 Å². The molecule has 0 aromatic carbocycles. The van der Waals surface area contributed by atoms with Gasteiger partial charge >= 0.3 is 0 Å². The Morgan fingerprint density at radius 1 is 1.23 bits per heavy atom. The maximum Gasteiger partial charge on any atom is 0.290 e. The number of hydrogen-bond acceptors (Lipinski definition) is 8. The number of thioether (sulfide) groups is 1. The van der Waals surface area contributed by atoms with Gasteiger partial charge in [0.25, 0.3) is 11.1 Å². The third-order valence-electron chi connectivity index (χ3n) is 5.17. The predicted octanol–water partition coefficient (Wildman–Crippen LogP) is 2.51. The van der Waals surface area contributed by atoms with E-state index >= 15 is 0 Å². The van der Waals surface area contributed by atoms with Gasteiger partial charge in [-0.2, -0.15) is 0 Å². The molecular weight excluding hydrogens is 400 g/mol. The monoisotopic (exact) mass is 424 g/mol. The van der Waals surface area contributed by atoms with Gasteiger partial charge in [-0.25, -0.2) is 9.97 Å². The Morgan fingerprint density at radius 3 is 2.80 bits per heavy atom. The van der Waals surface area contributed by atoms with E-state index in [2.05, 4.69) is 30.5 Å². The Hall–Kier alpha value is -2.78. The number of imide groups is 1. The number of carbonyl (C=O) groups excluding carboxylic acids is 2. The van der Waals surface area contributed by atoms with Crippen LogP contribution in [0.25, 0.3) is 6.08 Å². The van der Waals surface area contributed by atoms with Crippen LogP contribution in [0.4, 0.5) is 10.7 Å². The first-order valence-electron chi connectivity index (χ1n) is 10.0. The van der Waals surface area contributed by atoms with E-state index < -0.39 is 0 Å². The van der Waals surface area contributed by atoms with Gasteiger partial charge in [-0.05, 0) is 68.3 Å². The molecule has 0 atom stereocenters. The second kappa shape index (κ2) is 9.36. The van der Waals surface area contributed by atoms with Crippen molar-refractivity contribution >= 4 is 34.9 Å². The highest BCUT2D eigenvalue weighted by Crippen LogP contribution is 2.26. The number of anilines is 1. The van der Waals surface area contributed by atoms with E-state index in [9.17, 15) is 9.59 Å². The van der Waals surface area contributed by atoms with Crippen LogP contribution >= 0.6 is 11.8 Å². The molecule has 156 valence electrons. The minimum atomic E-state index is -0.376. The Bertz CT molecular complexity index is 971. The fraction of sp³-hybridized carbons (Fsp3) is 0.381. The van der Waals surface area contributed by atoms with Gasteiger partial charge in [0.1, 0.15) is 0 Å². The highest BCUT2D eigenvalue weighted by atomic mass is 32.2. The summed E-state index contributed by atoms with van der Waals surface area (Å²) in [7, 11) is 0. The van der Waals surface area contributed by atoms with Crippen LogP contribution in [0, 0.1) is 12.8 Å². The zero-order chi connectivity index (χ0) is 20.9. The Labute approximate surface area is 179 Å². The molecule has 2 N–H and O–H groups in total. The first kappa shape index (κ1) is 20.5. The van der Waals surface area contributed by atoms with Gasteiger partial charge in [0.05, 0.1) is 16.3 Å². The molecule has 2 saturated heterocycles. The van der Waals surface area contributed by atoms with Crippen molar-refractivity contribution in [2.24, 2.45) is 5.92 Å². The number of hydrogen-bond donors (Lipinski definition) is 2. The van der Waals surface area contributed by atoms with E-state index in [0.29, 0.717) is 22.5 Å². The zero-order valence-corrected chi connectivity index (χ0v) is 17.6. The lowest BCUT2D eigenvalue weighted by atomic mass is 9.97. The average Bonchev–Trinajstić information content (AvgIpc) is 3.05. The van der Waals surface area contributed by atoms with E-state index in [1.54, 1.807) is 18.3 Å². The summed E-state index contributed by atoms with van der Waals surface area (Å²) in [6, 6.07) is 7.83. The topological polar surface area (TPSA) is 100 Å². The molecule has 2 aliphatic rings. The number of aromatic nitrogens is 3. The fourth-order valence-electron chi connectivity index (χ4n) is 3.59. The summed E-state index contributed by atoms with van der Waals surface area (Å²) in [5, 5.41) is 5.42. The summed E-state index contributed by atoms with van der Waals surface area (Å²) in [4.78, 5) is 39.0. The number of carbonyl (C=O) groups is 2. The lowest BCUT2D eigenvalue weighted by molar-refractivity contribution is -0.115. The van der Waals surface area contributed by atoms with Crippen LogP contribution in [0.3, 0.4) is 0 Å². The normalized spacial score (nSPS) is 18.8. The standard InChI is InChI=1S/C21H24N6O2S/c1-14-3-2-4-17(24-14)13-22-12-15-6-9-27(10-7-15)20-23-8-5-16(25-20)11-18-19(28)26-21(29)30-18/h2-5,8,11,15,22H,6-7,9-10,12-13H2,1H3,(H,26,28,29)/b18-11-. The second-order valence-electron chi connectivity index (χ2n) is 7.47. The maximum absolute atomic E-state index is 11.7. The van der Waals surface area contributed by atoms with Gasteiger partial charge in [0.15, 0.2) is 0 Å². The van der Waals surface area contributed by atoms with Crippen LogP contribution in [0.1, 0.15) is 29.9 Å². The first-order chi connectivity index (χ1) is 14.6. The van der Waals surface area contributed by atoms with Crippen LogP contribution in [0.2, 0.25) is 0 Å². The van der Waals surface area contributed by atoms with Crippen molar-refractivity contribution in [3.05, 3.63) is 52.4 Å². The van der Waals surface area contributed by atoms with E-state index in [4.69, 9.17) is 0 Å². The van der Waals surface area contributed by atoms with Gasteiger partial charge in [0, 0.05) is 31.5 Å². The molecule has 0 bridgehead atoms. The lowest BCUT2D eigenvalue weighted by Gasteiger charge is -2.32. The minimum Gasteiger partial charge on any atom is -0.341 e. The fourth-order valence-corrected chi connectivity index (χ4v) is 4.26. The van der Waals surface area contributed by atoms with Crippen LogP contribution < -0.4 is 15.5 Å². The van der Waals surface area contributed by atoms with Crippen molar-refractivity contribution in [3.63, 3.8) is 0 Å². The highest BCUT2D eigenvalue weighted by molar-refractivity contribution is 8.18. The molecule has 30 heavy (non-hydrogen) atoms. The minimum absolute atomic E-state index is 0.352. The molecule has 0 unspecified atom stereocenters. The largest absolute Gasteiger partial charge is 0.341 e. The number of pyridine rings is 1. The molecule has 9 heteroatoms. The number of aryl methyl sites for hydroxylation is 1. The Morgan fingerprint density at radius 2 is 2.07 bits per heavy atom. The average molecular weight is 425 g/mol. The highest BCUT2D eigenvalue weighted by Gasteiger charge is 2.25. The SMILES string of the molecule is Cc1cccc(CNCC2CCN(c3nccc(/C=C4\SC(=O)NC4=O)n3)CC2)n1. The molecule has 2 amide bonds. The molecular formula is C21H24N6O2S. The van der Waals surface area contributed by atoms with Crippen molar-refractivity contribution < 1.29 is 9.59 Å². The number of nitrogens with zero attached hydrogens (tertiary/aromatic N) is 4. The molecule has 8 nitrogen and oxygen atoms in total.